The summed E-state index contributed by atoms with van der Waals surface area (Å²) in [4.78, 5) is 20.3. The Labute approximate surface area is 131 Å². The number of amidine groups is 1. The summed E-state index contributed by atoms with van der Waals surface area (Å²) in [7, 11) is 0. The van der Waals surface area contributed by atoms with Gasteiger partial charge in [0.2, 0.25) is 0 Å². The molecule has 6 heteroatoms. The van der Waals surface area contributed by atoms with E-state index in [4.69, 9.17) is 23.2 Å². The molecule has 1 aromatic carbocycles. The lowest BCUT2D eigenvalue weighted by molar-refractivity contribution is -0.115. The van der Waals surface area contributed by atoms with Crippen molar-refractivity contribution in [2.75, 3.05) is 0 Å². The molecule has 1 aromatic heterocycles. The monoisotopic (exact) mass is 317 g/mol. The highest BCUT2D eigenvalue weighted by molar-refractivity contribution is 6.42. The first-order valence-electron chi connectivity index (χ1n) is 6.12. The van der Waals surface area contributed by atoms with Crippen molar-refractivity contribution in [2.24, 2.45) is 4.99 Å². The molecule has 0 bridgehead atoms. The van der Waals surface area contributed by atoms with Gasteiger partial charge in [0.15, 0.2) is 5.84 Å². The number of hydrogen-bond acceptors (Lipinski definition) is 3. The first-order chi connectivity index (χ1) is 10.1. The minimum Gasteiger partial charge on any atom is -0.303 e. The molecular weight excluding hydrogens is 309 g/mol. The molecule has 2 heterocycles. The van der Waals surface area contributed by atoms with Crippen LogP contribution < -0.4 is 5.32 Å². The van der Waals surface area contributed by atoms with Crippen molar-refractivity contribution < 1.29 is 4.79 Å². The van der Waals surface area contributed by atoms with E-state index in [0.29, 0.717) is 27.3 Å². The second kappa shape index (κ2) is 5.68. The number of hydrogen-bond donors (Lipinski definition) is 1. The second-order valence-corrected chi connectivity index (χ2v) is 5.15. The molecule has 2 aromatic rings. The maximum absolute atomic E-state index is 11.9. The fourth-order valence-corrected chi connectivity index (χ4v) is 2.16. The average Bonchev–Trinajstić information content (AvgIpc) is 2.85. The van der Waals surface area contributed by atoms with Gasteiger partial charge in [-0.3, -0.25) is 9.78 Å². The Morgan fingerprint density at radius 2 is 1.95 bits per heavy atom. The van der Waals surface area contributed by atoms with Crippen LogP contribution in [0.5, 0.6) is 0 Å². The van der Waals surface area contributed by atoms with Gasteiger partial charge in [0.1, 0.15) is 11.4 Å². The lowest BCUT2D eigenvalue weighted by Crippen LogP contribution is -2.25. The normalized spacial score (nSPS) is 16.0. The highest BCUT2D eigenvalue weighted by atomic mass is 35.5. The first kappa shape index (κ1) is 13.8. The van der Waals surface area contributed by atoms with Crippen LogP contribution >= 0.6 is 23.2 Å². The van der Waals surface area contributed by atoms with Crippen LogP contribution in [0.15, 0.2) is 53.3 Å². The van der Waals surface area contributed by atoms with E-state index in [1.807, 2.05) is 6.07 Å². The number of aliphatic imine (C=N–C) groups is 1. The summed E-state index contributed by atoms with van der Waals surface area (Å²) in [5, 5.41) is 3.58. The molecule has 0 radical (unpaired) electrons. The molecular formula is C15H9Cl2N3O. The molecule has 0 saturated heterocycles. The number of pyridine rings is 1. The zero-order chi connectivity index (χ0) is 14.8. The van der Waals surface area contributed by atoms with Gasteiger partial charge in [-0.25, -0.2) is 4.99 Å². The Kier molecular flexibility index (Phi) is 3.73. The topological polar surface area (TPSA) is 54.4 Å². The van der Waals surface area contributed by atoms with Crippen molar-refractivity contribution in [1.29, 1.82) is 0 Å². The average molecular weight is 318 g/mol. The van der Waals surface area contributed by atoms with Crippen LogP contribution in [0, 0.1) is 0 Å². The van der Waals surface area contributed by atoms with Gasteiger partial charge in [-0.05, 0) is 35.9 Å². The van der Waals surface area contributed by atoms with Crippen molar-refractivity contribution in [3.8, 4) is 0 Å². The molecule has 0 saturated carbocycles. The summed E-state index contributed by atoms with van der Waals surface area (Å²) in [6, 6.07) is 10.5. The number of benzene rings is 1. The molecule has 104 valence electrons. The Balaban J connectivity index is 1.95. The largest absolute Gasteiger partial charge is 0.303 e. The van der Waals surface area contributed by atoms with E-state index in [9.17, 15) is 4.79 Å². The number of halogens is 2. The third kappa shape index (κ3) is 2.96. The summed E-state index contributed by atoms with van der Waals surface area (Å²) in [5.41, 5.74) is 1.66. The van der Waals surface area contributed by atoms with E-state index in [-0.39, 0.29) is 5.91 Å². The number of nitrogens with zero attached hydrogens (tertiary/aromatic N) is 2. The number of carbonyl (C=O) groups excluding carboxylic acids is 1. The molecule has 0 spiro atoms. The zero-order valence-corrected chi connectivity index (χ0v) is 12.2. The summed E-state index contributed by atoms with van der Waals surface area (Å²) in [6.45, 7) is 0. The van der Waals surface area contributed by atoms with Crippen LogP contribution in [0.25, 0.3) is 6.08 Å². The molecule has 0 fully saturated rings. The number of aromatic nitrogens is 1. The fourth-order valence-electron chi connectivity index (χ4n) is 1.85. The molecule has 1 aliphatic rings. The standard InChI is InChI=1S/C15H9Cl2N3O/c16-10-5-4-9(7-11(10)17)8-13-15(21)20-14(19-13)12-3-1-2-6-18-12/h1-8H,(H,19,20,21)/b13-8+. The Morgan fingerprint density at radius 1 is 1.10 bits per heavy atom. The van der Waals surface area contributed by atoms with Crippen molar-refractivity contribution in [2.45, 2.75) is 0 Å². The summed E-state index contributed by atoms with van der Waals surface area (Å²) < 4.78 is 0. The quantitative estimate of drug-likeness (QED) is 0.864. The van der Waals surface area contributed by atoms with Crippen molar-refractivity contribution in [1.82, 2.24) is 10.3 Å². The molecule has 1 amide bonds. The van der Waals surface area contributed by atoms with Crippen molar-refractivity contribution in [3.05, 3.63) is 69.6 Å². The van der Waals surface area contributed by atoms with E-state index >= 15 is 0 Å². The number of rotatable bonds is 2. The Bertz CT molecular complexity index is 770. The van der Waals surface area contributed by atoms with Gasteiger partial charge in [0.05, 0.1) is 10.0 Å². The minimum absolute atomic E-state index is 0.276. The van der Waals surface area contributed by atoms with Crippen LogP contribution in [0.2, 0.25) is 10.0 Å². The number of carbonyl (C=O) groups is 1. The van der Waals surface area contributed by atoms with Crippen molar-refractivity contribution >= 4 is 41.0 Å². The summed E-state index contributed by atoms with van der Waals surface area (Å²) in [5.74, 6) is 0.161. The number of nitrogens with one attached hydrogen (secondary N) is 1. The molecule has 1 aliphatic heterocycles. The highest BCUT2D eigenvalue weighted by Gasteiger charge is 2.21. The van der Waals surface area contributed by atoms with Gasteiger partial charge >= 0.3 is 0 Å². The third-order valence-corrected chi connectivity index (χ3v) is 3.59. The van der Waals surface area contributed by atoms with E-state index in [1.54, 1.807) is 42.6 Å². The van der Waals surface area contributed by atoms with E-state index in [0.717, 1.165) is 5.56 Å². The lowest BCUT2D eigenvalue weighted by Gasteiger charge is -1.98. The maximum atomic E-state index is 11.9. The second-order valence-electron chi connectivity index (χ2n) is 4.33. The number of amides is 1. The Hall–Kier alpha value is -2.17. The predicted octanol–water partition coefficient (Wildman–Crippen LogP) is 3.31. The third-order valence-electron chi connectivity index (χ3n) is 2.85. The fraction of sp³-hybridized carbons (Fsp3) is 0. The van der Waals surface area contributed by atoms with Crippen LogP contribution in [0.4, 0.5) is 0 Å². The molecule has 0 aliphatic carbocycles. The van der Waals surface area contributed by atoms with Crippen molar-refractivity contribution in [3.63, 3.8) is 0 Å². The molecule has 0 unspecified atom stereocenters. The SMILES string of the molecule is O=C1NC(c2ccccn2)=N/C1=C/c1ccc(Cl)c(Cl)c1. The molecule has 4 nitrogen and oxygen atoms in total. The predicted molar refractivity (Wildman–Crippen MR) is 83.4 cm³/mol. The van der Waals surface area contributed by atoms with Crippen LogP contribution in [0.3, 0.4) is 0 Å². The van der Waals surface area contributed by atoms with Crippen LogP contribution in [-0.4, -0.2) is 16.7 Å². The van der Waals surface area contributed by atoms with E-state index < -0.39 is 0 Å². The zero-order valence-electron chi connectivity index (χ0n) is 10.7. The van der Waals surface area contributed by atoms with E-state index in [2.05, 4.69) is 15.3 Å². The maximum Gasteiger partial charge on any atom is 0.275 e. The van der Waals surface area contributed by atoms with E-state index in [1.165, 1.54) is 0 Å². The smallest absolute Gasteiger partial charge is 0.275 e. The van der Waals surface area contributed by atoms with Gasteiger partial charge in [0.25, 0.3) is 5.91 Å². The summed E-state index contributed by atoms with van der Waals surface area (Å²) >= 11 is 11.8. The Morgan fingerprint density at radius 3 is 2.67 bits per heavy atom. The van der Waals surface area contributed by atoms with Gasteiger partial charge in [0, 0.05) is 6.20 Å². The minimum atomic E-state index is -0.276. The molecule has 0 atom stereocenters. The molecule has 1 N–H and O–H groups in total. The lowest BCUT2D eigenvalue weighted by atomic mass is 10.2. The van der Waals surface area contributed by atoms with Gasteiger partial charge in [-0.15, -0.1) is 0 Å². The highest BCUT2D eigenvalue weighted by Crippen LogP contribution is 2.24. The summed E-state index contributed by atoms with van der Waals surface area (Å²) in [6.07, 6.45) is 3.29. The van der Waals surface area contributed by atoms with Gasteiger partial charge < -0.3 is 5.32 Å². The first-order valence-corrected chi connectivity index (χ1v) is 6.87. The van der Waals surface area contributed by atoms with Gasteiger partial charge in [-0.1, -0.05) is 35.3 Å². The molecule has 21 heavy (non-hydrogen) atoms. The van der Waals surface area contributed by atoms with Crippen LogP contribution in [-0.2, 0) is 4.79 Å². The molecule has 3 rings (SSSR count). The van der Waals surface area contributed by atoms with Gasteiger partial charge in [-0.2, -0.15) is 0 Å². The van der Waals surface area contributed by atoms with Crippen LogP contribution in [0.1, 0.15) is 11.3 Å².